The molecule has 1 saturated carbocycles. The number of methoxy groups -OCH3 is 1. The van der Waals surface area contributed by atoms with Crippen LogP contribution >= 0.6 is 0 Å². The van der Waals surface area contributed by atoms with Crippen LogP contribution in [0.4, 0.5) is 0 Å². The van der Waals surface area contributed by atoms with E-state index >= 15 is 0 Å². The highest BCUT2D eigenvalue weighted by atomic mass is 16.6. The van der Waals surface area contributed by atoms with E-state index in [0.717, 1.165) is 31.2 Å². The molecule has 4 nitrogen and oxygen atoms in total. The molecule has 1 aliphatic rings. The molecule has 0 radical (unpaired) electrons. The molecule has 0 saturated heterocycles. The third kappa shape index (κ3) is 4.15. The van der Waals surface area contributed by atoms with E-state index < -0.39 is 0 Å². The van der Waals surface area contributed by atoms with E-state index in [1.165, 1.54) is 6.42 Å². The van der Waals surface area contributed by atoms with Gasteiger partial charge in [-0.05, 0) is 50.3 Å². The first-order valence-corrected chi connectivity index (χ1v) is 7.16. The molecule has 0 unspecified atom stereocenters. The molecule has 1 fully saturated rings. The lowest BCUT2D eigenvalue weighted by molar-refractivity contribution is -0.152. The first kappa shape index (κ1) is 14.7. The number of benzene rings is 1. The highest BCUT2D eigenvalue weighted by Gasteiger charge is 2.18. The Hall–Kier alpha value is -1.71. The minimum absolute atomic E-state index is 0.0692. The number of rotatable bonds is 5. The van der Waals surface area contributed by atoms with Crippen LogP contribution < -0.4 is 9.47 Å². The van der Waals surface area contributed by atoms with Crippen LogP contribution in [0.3, 0.4) is 0 Å². The Labute approximate surface area is 120 Å². The summed E-state index contributed by atoms with van der Waals surface area (Å²) in [5.41, 5.74) is 1.08. The molecule has 0 spiro atoms. The Bertz CT molecular complexity index is 450. The SMILES string of the molecule is COc1cc(C)ccc1OCC(=O)OC1CCCCC1. The zero-order valence-electron chi connectivity index (χ0n) is 12.2. The summed E-state index contributed by atoms with van der Waals surface area (Å²) in [6.45, 7) is 1.90. The van der Waals surface area contributed by atoms with Gasteiger partial charge in [0.05, 0.1) is 7.11 Å². The molecule has 20 heavy (non-hydrogen) atoms. The maximum absolute atomic E-state index is 11.8. The summed E-state index contributed by atoms with van der Waals surface area (Å²) >= 11 is 0. The van der Waals surface area contributed by atoms with Crippen molar-refractivity contribution in [1.82, 2.24) is 0 Å². The lowest BCUT2D eigenvalue weighted by Gasteiger charge is -2.21. The number of carbonyl (C=O) groups is 1. The molecule has 0 bridgehead atoms. The topological polar surface area (TPSA) is 44.8 Å². The standard InChI is InChI=1S/C16H22O4/c1-12-8-9-14(15(10-12)18-2)19-11-16(17)20-13-6-4-3-5-7-13/h8-10,13H,3-7,11H2,1-2H3. The molecule has 1 aromatic carbocycles. The Morgan fingerprint density at radius 1 is 1.20 bits per heavy atom. The van der Waals surface area contributed by atoms with Crippen LogP contribution in [-0.2, 0) is 9.53 Å². The van der Waals surface area contributed by atoms with E-state index in [9.17, 15) is 4.79 Å². The van der Waals surface area contributed by atoms with Gasteiger partial charge < -0.3 is 14.2 Å². The van der Waals surface area contributed by atoms with Gasteiger partial charge in [-0.1, -0.05) is 12.5 Å². The van der Waals surface area contributed by atoms with Crippen LogP contribution in [0.5, 0.6) is 11.5 Å². The van der Waals surface area contributed by atoms with E-state index in [1.54, 1.807) is 7.11 Å². The molecule has 0 heterocycles. The summed E-state index contributed by atoms with van der Waals surface area (Å²) in [6.07, 6.45) is 5.54. The van der Waals surface area contributed by atoms with E-state index in [0.29, 0.717) is 11.5 Å². The van der Waals surface area contributed by atoms with Crippen LogP contribution in [0.2, 0.25) is 0 Å². The van der Waals surface area contributed by atoms with Crippen molar-refractivity contribution in [3.63, 3.8) is 0 Å². The first-order valence-electron chi connectivity index (χ1n) is 7.16. The van der Waals surface area contributed by atoms with Gasteiger partial charge in [-0.2, -0.15) is 0 Å². The summed E-state index contributed by atoms with van der Waals surface area (Å²) < 4.78 is 16.1. The van der Waals surface area contributed by atoms with E-state index in [1.807, 2.05) is 25.1 Å². The van der Waals surface area contributed by atoms with Crippen molar-refractivity contribution in [2.75, 3.05) is 13.7 Å². The van der Waals surface area contributed by atoms with Crippen LogP contribution in [-0.4, -0.2) is 25.8 Å². The summed E-state index contributed by atoms with van der Waals surface area (Å²) in [4.78, 5) is 11.8. The molecule has 1 aliphatic carbocycles. The Balaban J connectivity index is 1.83. The molecule has 0 atom stereocenters. The third-order valence-electron chi connectivity index (χ3n) is 3.51. The fourth-order valence-corrected chi connectivity index (χ4v) is 2.43. The monoisotopic (exact) mass is 278 g/mol. The normalized spacial score (nSPS) is 15.7. The van der Waals surface area contributed by atoms with Crippen molar-refractivity contribution < 1.29 is 19.0 Å². The van der Waals surface area contributed by atoms with Crippen LogP contribution in [0.1, 0.15) is 37.7 Å². The maximum Gasteiger partial charge on any atom is 0.344 e. The van der Waals surface area contributed by atoms with Gasteiger partial charge in [0, 0.05) is 0 Å². The smallest absolute Gasteiger partial charge is 0.344 e. The Morgan fingerprint density at radius 3 is 2.65 bits per heavy atom. The number of ether oxygens (including phenoxy) is 3. The second kappa shape index (κ2) is 7.17. The van der Waals surface area contributed by atoms with Crippen molar-refractivity contribution in [3.8, 4) is 11.5 Å². The summed E-state index contributed by atoms with van der Waals surface area (Å²) in [5.74, 6) is 0.897. The molecule has 0 aromatic heterocycles. The first-order chi connectivity index (χ1) is 9.69. The fourth-order valence-electron chi connectivity index (χ4n) is 2.43. The molecule has 2 rings (SSSR count). The molecule has 0 amide bonds. The maximum atomic E-state index is 11.8. The van der Waals surface area contributed by atoms with Gasteiger partial charge in [0.25, 0.3) is 0 Å². The predicted octanol–water partition coefficient (Wildman–Crippen LogP) is 3.26. The molecule has 4 heteroatoms. The Morgan fingerprint density at radius 2 is 1.95 bits per heavy atom. The molecular formula is C16H22O4. The van der Waals surface area contributed by atoms with Crippen molar-refractivity contribution >= 4 is 5.97 Å². The molecule has 0 aliphatic heterocycles. The summed E-state index contributed by atoms with van der Waals surface area (Å²) in [6, 6.07) is 5.61. The van der Waals surface area contributed by atoms with Crippen molar-refractivity contribution in [1.29, 1.82) is 0 Å². The van der Waals surface area contributed by atoms with Crippen molar-refractivity contribution in [3.05, 3.63) is 23.8 Å². The average molecular weight is 278 g/mol. The second-order valence-corrected chi connectivity index (χ2v) is 5.19. The van der Waals surface area contributed by atoms with Gasteiger partial charge >= 0.3 is 5.97 Å². The Kier molecular flexibility index (Phi) is 5.27. The summed E-state index contributed by atoms with van der Waals surface area (Å²) in [7, 11) is 1.59. The number of hydrogen-bond acceptors (Lipinski definition) is 4. The highest BCUT2D eigenvalue weighted by molar-refractivity contribution is 5.71. The molecule has 1 aromatic rings. The van der Waals surface area contributed by atoms with Gasteiger partial charge in [-0.25, -0.2) is 4.79 Å². The van der Waals surface area contributed by atoms with Gasteiger partial charge in [0.2, 0.25) is 0 Å². The lowest BCUT2D eigenvalue weighted by atomic mass is 9.98. The zero-order chi connectivity index (χ0) is 14.4. The molecule has 0 N–H and O–H groups in total. The second-order valence-electron chi connectivity index (χ2n) is 5.19. The largest absolute Gasteiger partial charge is 0.493 e. The van der Waals surface area contributed by atoms with Crippen molar-refractivity contribution in [2.24, 2.45) is 0 Å². The summed E-state index contributed by atoms with van der Waals surface area (Å²) in [5, 5.41) is 0. The molecule has 110 valence electrons. The van der Waals surface area contributed by atoms with Gasteiger partial charge in [0.1, 0.15) is 6.10 Å². The van der Waals surface area contributed by atoms with E-state index in [2.05, 4.69) is 0 Å². The molecular weight excluding hydrogens is 256 g/mol. The number of esters is 1. The average Bonchev–Trinajstić information content (AvgIpc) is 2.47. The van der Waals surface area contributed by atoms with E-state index in [-0.39, 0.29) is 18.7 Å². The predicted molar refractivity (Wildman–Crippen MR) is 76.2 cm³/mol. The minimum Gasteiger partial charge on any atom is -0.493 e. The van der Waals surface area contributed by atoms with Crippen LogP contribution in [0.25, 0.3) is 0 Å². The third-order valence-corrected chi connectivity index (χ3v) is 3.51. The fraction of sp³-hybridized carbons (Fsp3) is 0.562. The van der Waals surface area contributed by atoms with Crippen molar-refractivity contribution in [2.45, 2.75) is 45.1 Å². The van der Waals surface area contributed by atoms with E-state index in [4.69, 9.17) is 14.2 Å². The zero-order valence-corrected chi connectivity index (χ0v) is 12.2. The van der Waals surface area contributed by atoms with Crippen LogP contribution in [0.15, 0.2) is 18.2 Å². The van der Waals surface area contributed by atoms with Crippen LogP contribution in [0, 0.1) is 6.92 Å². The lowest BCUT2D eigenvalue weighted by Crippen LogP contribution is -2.24. The highest BCUT2D eigenvalue weighted by Crippen LogP contribution is 2.28. The number of hydrogen-bond donors (Lipinski definition) is 0. The number of carbonyl (C=O) groups excluding carboxylic acids is 1. The number of aryl methyl sites for hydroxylation is 1. The van der Waals surface area contributed by atoms with Gasteiger partial charge in [0.15, 0.2) is 18.1 Å². The quantitative estimate of drug-likeness (QED) is 0.775. The van der Waals surface area contributed by atoms with Gasteiger partial charge in [-0.3, -0.25) is 0 Å². The minimum atomic E-state index is -0.306. The van der Waals surface area contributed by atoms with Gasteiger partial charge in [-0.15, -0.1) is 0 Å².